The van der Waals surface area contributed by atoms with Crippen LogP contribution in [0.5, 0.6) is 0 Å². The second-order valence-corrected chi connectivity index (χ2v) is 11.1. The fourth-order valence-corrected chi connectivity index (χ4v) is 6.19. The first-order valence-electron chi connectivity index (χ1n) is 13.1. The lowest BCUT2D eigenvalue weighted by molar-refractivity contribution is 0.0568. The molecule has 0 atom stereocenters. The van der Waals surface area contributed by atoms with Gasteiger partial charge in [0.2, 0.25) is 0 Å². The normalized spacial score (nSPS) is 20.4. The van der Waals surface area contributed by atoms with Crippen LogP contribution in [0.4, 0.5) is 0 Å². The summed E-state index contributed by atoms with van der Waals surface area (Å²) >= 11 is 3.43. The van der Waals surface area contributed by atoms with Crippen LogP contribution in [0.1, 0.15) is 76.5 Å². The third kappa shape index (κ3) is 5.46. The molecule has 7 heteroatoms. The first-order valence-corrected chi connectivity index (χ1v) is 13.8. The number of benzene rings is 1. The predicted molar refractivity (Wildman–Crippen MR) is 141 cm³/mol. The second-order valence-electron chi connectivity index (χ2n) is 10.2. The van der Waals surface area contributed by atoms with Crippen LogP contribution in [-0.2, 0) is 0 Å². The number of halogens is 1. The Bertz CT molecular complexity index is 1050. The molecule has 2 aliphatic heterocycles. The van der Waals surface area contributed by atoms with E-state index in [0.29, 0.717) is 24.7 Å². The highest BCUT2D eigenvalue weighted by Crippen LogP contribution is 2.31. The van der Waals surface area contributed by atoms with Gasteiger partial charge in [-0.2, -0.15) is 0 Å². The number of hydrogen-bond donors (Lipinski definition) is 0. The zero-order valence-electron chi connectivity index (χ0n) is 20.6. The van der Waals surface area contributed by atoms with Crippen molar-refractivity contribution in [3.63, 3.8) is 0 Å². The maximum atomic E-state index is 13.6. The Morgan fingerprint density at radius 1 is 0.800 bits per heavy atom. The van der Waals surface area contributed by atoms with Crippen molar-refractivity contribution in [2.24, 2.45) is 0 Å². The van der Waals surface area contributed by atoms with Crippen LogP contribution in [-0.4, -0.2) is 76.8 Å². The average Bonchev–Trinajstić information content (AvgIpc) is 3.44. The van der Waals surface area contributed by atoms with Crippen molar-refractivity contribution in [3.8, 4) is 0 Å². The lowest BCUT2D eigenvalue weighted by Crippen LogP contribution is -2.51. The Hall–Kier alpha value is -2.25. The molecule has 1 aromatic carbocycles. The van der Waals surface area contributed by atoms with E-state index in [4.69, 9.17) is 4.98 Å². The van der Waals surface area contributed by atoms with E-state index in [1.807, 2.05) is 53.1 Å². The maximum absolute atomic E-state index is 13.6. The van der Waals surface area contributed by atoms with Gasteiger partial charge in [0.15, 0.2) is 0 Å². The van der Waals surface area contributed by atoms with Gasteiger partial charge in [0.05, 0.1) is 11.3 Å². The molecule has 0 unspecified atom stereocenters. The number of rotatable bonds is 4. The monoisotopic (exact) mass is 538 g/mol. The third-order valence-electron chi connectivity index (χ3n) is 8.00. The predicted octanol–water partition coefficient (Wildman–Crippen LogP) is 4.87. The summed E-state index contributed by atoms with van der Waals surface area (Å²) < 4.78 is 0.968. The minimum atomic E-state index is 0.0737. The zero-order valence-corrected chi connectivity index (χ0v) is 22.2. The quantitative estimate of drug-likeness (QED) is 0.557. The summed E-state index contributed by atoms with van der Waals surface area (Å²) in [6, 6.07) is 12.2. The Morgan fingerprint density at radius 2 is 1.43 bits per heavy atom. The van der Waals surface area contributed by atoms with Gasteiger partial charge < -0.3 is 9.80 Å². The highest BCUT2D eigenvalue weighted by atomic mass is 79.9. The van der Waals surface area contributed by atoms with Crippen molar-refractivity contribution in [1.82, 2.24) is 19.7 Å². The molecule has 0 radical (unpaired) electrons. The van der Waals surface area contributed by atoms with Gasteiger partial charge in [-0.1, -0.05) is 28.8 Å². The molecule has 35 heavy (non-hydrogen) atoms. The zero-order chi connectivity index (χ0) is 24.4. The van der Waals surface area contributed by atoms with Gasteiger partial charge in [-0.05, 0) is 69.0 Å². The summed E-state index contributed by atoms with van der Waals surface area (Å²) in [5.41, 5.74) is 3.33. The van der Waals surface area contributed by atoms with Crippen LogP contribution in [0.15, 0.2) is 40.9 Å². The smallest absolute Gasteiger partial charge is 0.255 e. The number of hydrogen-bond acceptors (Lipinski definition) is 4. The fraction of sp³-hybridized carbons (Fsp3) is 0.536. The summed E-state index contributed by atoms with van der Waals surface area (Å²) in [5.74, 6) is 0.388. The summed E-state index contributed by atoms with van der Waals surface area (Å²) in [5, 5.41) is 0. The van der Waals surface area contributed by atoms with Crippen LogP contribution in [0, 0.1) is 6.92 Å². The standard InChI is InChI=1S/C28H35BrN4O2/c1-20-6-11-25(28(35)33-18-16-31(17-19-33)24-4-2-3-5-24)26(30-20)21-12-14-32(15-13-21)27(34)22-7-9-23(29)10-8-22/h6-11,21,24H,2-5,12-19H2,1H3. The number of pyridine rings is 1. The topological polar surface area (TPSA) is 56.8 Å². The largest absolute Gasteiger partial charge is 0.339 e. The van der Waals surface area contributed by atoms with Gasteiger partial charge in [0.1, 0.15) is 0 Å². The summed E-state index contributed by atoms with van der Waals surface area (Å²) in [7, 11) is 0. The minimum Gasteiger partial charge on any atom is -0.339 e. The van der Waals surface area contributed by atoms with Crippen LogP contribution >= 0.6 is 15.9 Å². The lowest BCUT2D eigenvalue weighted by Gasteiger charge is -2.38. The molecule has 0 bridgehead atoms. The lowest BCUT2D eigenvalue weighted by atomic mass is 9.89. The molecule has 6 nitrogen and oxygen atoms in total. The second kappa shape index (κ2) is 10.8. The van der Waals surface area contributed by atoms with E-state index in [0.717, 1.165) is 60.4 Å². The van der Waals surface area contributed by atoms with E-state index in [2.05, 4.69) is 20.8 Å². The number of aryl methyl sites for hydroxylation is 1. The van der Waals surface area contributed by atoms with Gasteiger partial charge >= 0.3 is 0 Å². The molecular weight excluding hydrogens is 504 g/mol. The molecule has 3 fully saturated rings. The van der Waals surface area contributed by atoms with Gasteiger partial charge in [-0.15, -0.1) is 0 Å². The molecule has 3 heterocycles. The maximum Gasteiger partial charge on any atom is 0.255 e. The number of piperidine rings is 1. The van der Waals surface area contributed by atoms with E-state index < -0.39 is 0 Å². The van der Waals surface area contributed by atoms with Gasteiger partial charge in [-0.25, -0.2) is 0 Å². The summed E-state index contributed by atoms with van der Waals surface area (Å²) in [6.07, 6.45) is 6.96. The van der Waals surface area contributed by atoms with E-state index in [1.54, 1.807) is 0 Å². The molecule has 1 aliphatic carbocycles. The summed E-state index contributed by atoms with van der Waals surface area (Å²) in [4.78, 5) is 37.9. The molecule has 3 aliphatic rings. The Labute approximate surface area is 216 Å². The van der Waals surface area contributed by atoms with Gasteiger partial charge in [0, 0.05) is 67.0 Å². The van der Waals surface area contributed by atoms with Crippen molar-refractivity contribution in [2.75, 3.05) is 39.3 Å². The van der Waals surface area contributed by atoms with E-state index in [1.165, 1.54) is 25.7 Å². The minimum absolute atomic E-state index is 0.0737. The number of likely N-dealkylation sites (tertiary alicyclic amines) is 1. The molecule has 0 spiro atoms. The highest BCUT2D eigenvalue weighted by Gasteiger charge is 2.32. The van der Waals surface area contributed by atoms with Crippen molar-refractivity contribution >= 4 is 27.7 Å². The number of aromatic nitrogens is 1. The van der Waals surface area contributed by atoms with E-state index in [9.17, 15) is 9.59 Å². The van der Waals surface area contributed by atoms with E-state index >= 15 is 0 Å². The van der Waals surface area contributed by atoms with E-state index in [-0.39, 0.29) is 17.7 Å². The molecule has 186 valence electrons. The highest BCUT2D eigenvalue weighted by molar-refractivity contribution is 9.10. The Kier molecular flexibility index (Phi) is 7.54. The van der Waals surface area contributed by atoms with Crippen molar-refractivity contribution in [3.05, 3.63) is 63.4 Å². The third-order valence-corrected chi connectivity index (χ3v) is 8.53. The number of nitrogens with zero attached hydrogens (tertiary/aromatic N) is 4. The number of piperazine rings is 1. The molecule has 5 rings (SSSR count). The van der Waals surface area contributed by atoms with Crippen LogP contribution < -0.4 is 0 Å². The molecule has 2 aromatic rings. The van der Waals surface area contributed by atoms with Crippen molar-refractivity contribution in [1.29, 1.82) is 0 Å². The van der Waals surface area contributed by atoms with Crippen molar-refractivity contribution < 1.29 is 9.59 Å². The fourth-order valence-electron chi connectivity index (χ4n) is 5.93. The van der Waals surface area contributed by atoms with Crippen LogP contribution in [0.3, 0.4) is 0 Å². The van der Waals surface area contributed by atoms with Gasteiger partial charge in [-0.3, -0.25) is 19.5 Å². The molecule has 1 saturated carbocycles. The van der Waals surface area contributed by atoms with Crippen LogP contribution in [0.25, 0.3) is 0 Å². The Morgan fingerprint density at radius 3 is 2.09 bits per heavy atom. The molecule has 1 aromatic heterocycles. The Balaban J connectivity index is 1.24. The molecular formula is C28H35BrN4O2. The average molecular weight is 540 g/mol. The first-order chi connectivity index (χ1) is 17.0. The van der Waals surface area contributed by atoms with Crippen molar-refractivity contribution in [2.45, 2.75) is 57.4 Å². The molecule has 0 N–H and O–H groups in total. The number of amides is 2. The number of carbonyl (C=O) groups excluding carboxylic acids is 2. The molecule has 2 saturated heterocycles. The summed E-state index contributed by atoms with van der Waals surface area (Å²) in [6.45, 7) is 6.89. The SMILES string of the molecule is Cc1ccc(C(=O)N2CCN(C3CCCC3)CC2)c(C2CCN(C(=O)c3ccc(Br)cc3)CC2)n1. The van der Waals surface area contributed by atoms with Gasteiger partial charge in [0.25, 0.3) is 11.8 Å². The first kappa shape index (κ1) is 24.4. The van der Waals surface area contributed by atoms with Crippen LogP contribution in [0.2, 0.25) is 0 Å². The number of carbonyl (C=O) groups is 2. The molecule has 2 amide bonds.